The molecule has 8 heteroatoms. The van der Waals surface area contributed by atoms with E-state index in [0.29, 0.717) is 23.4 Å². The van der Waals surface area contributed by atoms with E-state index in [2.05, 4.69) is 20.9 Å². The van der Waals surface area contributed by atoms with E-state index in [1.165, 1.54) is 10.6 Å². The topological polar surface area (TPSA) is 61.2 Å². The Labute approximate surface area is 167 Å². The van der Waals surface area contributed by atoms with Crippen LogP contribution in [0.1, 0.15) is 27.3 Å². The molecule has 0 unspecified atom stereocenters. The number of hydrogen-bond acceptors (Lipinski definition) is 4. The van der Waals surface area contributed by atoms with Crippen LogP contribution in [0.15, 0.2) is 45.7 Å². The molecule has 5 nitrogen and oxygen atoms in total. The molecular formula is C20H15BrF2N2O3. The lowest BCUT2D eigenvalue weighted by Crippen LogP contribution is -2.24. The molecule has 0 amide bonds. The number of aldehydes is 1. The first-order valence-corrected chi connectivity index (χ1v) is 9.03. The highest BCUT2D eigenvalue weighted by molar-refractivity contribution is 9.10. The van der Waals surface area contributed by atoms with E-state index in [-0.39, 0.29) is 22.5 Å². The van der Waals surface area contributed by atoms with Crippen molar-refractivity contribution in [2.24, 2.45) is 0 Å². The van der Waals surface area contributed by atoms with Gasteiger partial charge < -0.3 is 4.74 Å². The van der Waals surface area contributed by atoms with E-state index in [0.717, 1.165) is 17.7 Å². The number of hydrogen-bond donors (Lipinski definition) is 0. The summed E-state index contributed by atoms with van der Waals surface area (Å²) in [5.74, 6) is -1.12. The minimum absolute atomic E-state index is 0.00771. The Morgan fingerprint density at radius 1 is 1.18 bits per heavy atom. The predicted molar refractivity (Wildman–Crippen MR) is 103 cm³/mol. The minimum Gasteiger partial charge on any atom is -0.472 e. The third-order valence-corrected chi connectivity index (χ3v) is 4.83. The molecule has 1 aromatic heterocycles. The van der Waals surface area contributed by atoms with Gasteiger partial charge in [0.1, 0.15) is 34.8 Å². The number of carbonyl (C=O) groups excluding carboxylic acids is 1. The van der Waals surface area contributed by atoms with Crippen molar-refractivity contribution in [1.82, 2.24) is 9.55 Å². The van der Waals surface area contributed by atoms with Gasteiger partial charge in [-0.3, -0.25) is 14.2 Å². The van der Waals surface area contributed by atoms with E-state index in [1.807, 2.05) is 6.92 Å². The monoisotopic (exact) mass is 448 g/mol. The number of carbonyl (C=O) groups is 1. The zero-order valence-electron chi connectivity index (χ0n) is 15.0. The third kappa shape index (κ3) is 3.87. The van der Waals surface area contributed by atoms with Gasteiger partial charge in [0.15, 0.2) is 0 Å². The predicted octanol–water partition coefficient (Wildman–Crippen LogP) is 4.28. The van der Waals surface area contributed by atoms with Gasteiger partial charge in [-0.1, -0.05) is 12.1 Å². The highest BCUT2D eigenvalue weighted by Gasteiger charge is 2.17. The van der Waals surface area contributed by atoms with Crippen LogP contribution in [0.25, 0.3) is 5.69 Å². The Bertz CT molecular complexity index is 1130. The summed E-state index contributed by atoms with van der Waals surface area (Å²) < 4.78 is 33.7. The molecule has 28 heavy (non-hydrogen) atoms. The lowest BCUT2D eigenvalue weighted by atomic mass is 10.1. The van der Waals surface area contributed by atoms with Crippen LogP contribution >= 0.6 is 15.9 Å². The summed E-state index contributed by atoms with van der Waals surface area (Å²) in [7, 11) is 0. The maximum atomic E-state index is 13.8. The minimum atomic E-state index is -0.748. The fourth-order valence-electron chi connectivity index (χ4n) is 2.69. The molecule has 0 atom stereocenters. The van der Waals surface area contributed by atoms with Crippen LogP contribution in [-0.2, 0) is 6.61 Å². The average Bonchev–Trinajstić information content (AvgIpc) is 2.66. The van der Waals surface area contributed by atoms with Crippen LogP contribution in [0, 0.1) is 25.5 Å². The zero-order chi connectivity index (χ0) is 20.4. The fraction of sp³-hybridized carbons (Fsp3) is 0.150. The number of rotatable bonds is 5. The number of nitrogens with zero attached hydrogens (tertiary/aromatic N) is 2. The van der Waals surface area contributed by atoms with E-state index < -0.39 is 17.2 Å². The standard InChI is InChI=1S/C20H15BrF2N2O3/c1-11-3-4-13(9-26)7-17(11)25-12(2)24-19(18(21)20(25)27)28-10-14-5-6-15(22)8-16(14)23/h3-9H,10H2,1-2H3. The van der Waals surface area contributed by atoms with Crippen molar-refractivity contribution < 1.29 is 18.3 Å². The van der Waals surface area contributed by atoms with Crippen molar-refractivity contribution in [3.63, 3.8) is 0 Å². The normalized spacial score (nSPS) is 10.8. The first kappa shape index (κ1) is 19.9. The summed E-state index contributed by atoms with van der Waals surface area (Å²) in [6.45, 7) is 3.21. The molecule has 0 aliphatic carbocycles. The highest BCUT2D eigenvalue weighted by Crippen LogP contribution is 2.23. The Kier molecular flexibility index (Phi) is 5.69. The smallest absolute Gasteiger partial charge is 0.276 e. The molecule has 3 rings (SSSR count). The molecule has 1 heterocycles. The Hall–Kier alpha value is -2.87. The molecule has 0 saturated heterocycles. The van der Waals surface area contributed by atoms with Crippen molar-refractivity contribution in [3.8, 4) is 11.6 Å². The average molecular weight is 449 g/mol. The molecular weight excluding hydrogens is 434 g/mol. The molecule has 0 aliphatic heterocycles. The second kappa shape index (κ2) is 8.02. The molecule has 0 N–H and O–H groups in total. The first-order chi connectivity index (χ1) is 13.3. The third-order valence-electron chi connectivity index (χ3n) is 4.16. The van der Waals surface area contributed by atoms with Crippen molar-refractivity contribution >= 4 is 22.2 Å². The maximum absolute atomic E-state index is 13.8. The molecule has 3 aromatic rings. The van der Waals surface area contributed by atoms with Crippen LogP contribution in [0.3, 0.4) is 0 Å². The van der Waals surface area contributed by atoms with Crippen LogP contribution in [0.4, 0.5) is 8.78 Å². The van der Waals surface area contributed by atoms with Gasteiger partial charge in [-0.2, -0.15) is 4.98 Å². The second-order valence-corrected chi connectivity index (χ2v) is 6.90. The summed E-state index contributed by atoms with van der Waals surface area (Å²) in [6, 6.07) is 8.13. The van der Waals surface area contributed by atoms with Crippen LogP contribution in [-0.4, -0.2) is 15.8 Å². The molecule has 0 aliphatic rings. The van der Waals surface area contributed by atoms with Crippen LogP contribution in [0.2, 0.25) is 0 Å². The van der Waals surface area contributed by atoms with Gasteiger partial charge in [-0.05, 0) is 53.5 Å². The summed E-state index contributed by atoms with van der Waals surface area (Å²) >= 11 is 3.18. The zero-order valence-corrected chi connectivity index (χ0v) is 16.6. The van der Waals surface area contributed by atoms with Crippen molar-refractivity contribution in [2.75, 3.05) is 0 Å². The first-order valence-electron chi connectivity index (χ1n) is 8.24. The number of benzene rings is 2. The summed E-state index contributed by atoms with van der Waals surface area (Å²) in [5.41, 5.74) is 1.43. The second-order valence-electron chi connectivity index (χ2n) is 6.11. The lowest BCUT2D eigenvalue weighted by Gasteiger charge is -2.15. The van der Waals surface area contributed by atoms with Crippen LogP contribution < -0.4 is 10.3 Å². The Morgan fingerprint density at radius 2 is 1.93 bits per heavy atom. The number of aryl methyl sites for hydroxylation is 2. The van der Waals surface area contributed by atoms with Gasteiger partial charge in [0.2, 0.25) is 5.88 Å². The summed E-state index contributed by atoms with van der Waals surface area (Å²) in [6.07, 6.45) is 0.695. The maximum Gasteiger partial charge on any atom is 0.276 e. The van der Waals surface area contributed by atoms with Gasteiger partial charge in [0, 0.05) is 17.2 Å². The molecule has 144 valence electrons. The van der Waals surface area contributed by atoms with E-state index >= 15 is 0 Å². The largest absolute Gasteiger partial charge is 0.472 e. The number of ether oxygens (including phenoxy) is 1. The van der Waals surface area contributed by atoms with Crippen LogP contribution in [0.5, 0.6) is 5.88 Å². The Balaban J connectivity index is 1.99. The number of aromatic nitrogens is 2. The van der Waals surface area contributed by atoms with Gasteiger partial charge >= 0.3 is 0 Å². The van der Waals surface area contributed by atoms with E-state index in [1.54, 1.807) is 25.1 Å². The Morgan fingerprint density at radius 3 is 2.61 bits per heavy atom. The van der Waals surface area contributed by atoms with Crippen molar-refractivity contribution in [3.05, 3.63) is 85.4 Å². The highest BCUT2D eigenvalue weighted by atomic mass is 79.9. The van der Waals surface area contributed by atoms with E-state index in [4.69, 9.17) is 4.74 Å². The van der Waals surface area contributed by atoms with Crippen molar-refractivity contribution in [1.29, 1.82) is 0 Å². The fourth-order valence-corrected chi connectivity index (χ4v) is 3.07. The quantitative estimate of drug-likeness (QED) is 0.546. The summed E-state index contributed by atoms with van der Waals surface area (Å²) in [4.78, 5) is 28.2. The van der Waals surface area contributed by atoms with Gasteiger partial charge in [-0.25, -0.2) is 8.78 Å². The lowest BCUT2D eigenvalue weighted by molar-refractivity contribution is 0.112. The van der Waals surface area contributed by atoms with E-state index in [9.17, 15) is 18.4 Å². The molecule has 0 saturated carbocycles. The number of halogens is 3. The van der Waals surface area contributed by atoms with Gasteiger partial charge in [-0.15, -0.1) is 0 Å². The summed E-state index contributed by atoms with van der Waals surface area (Å²) in [5, 5.41) is 0. The van der Waals surface area contributed by atoms with Crippen molar-refractivity contribution in [2.45, 2.75) is 20.5 Å². The van der Waals surface area contributed by atoms with Gasteiger partial charge in [0.05, 0.1) is 5.69 Å². The molecule has 0 spiro atoms. The molecule has 2 aromatic carbocycles. The molecule has 0 bridgehead atoms. The molecule has 0 fully saturated rings. The molecule has 0 radical (unpaired) electrons. The SMILES string of the molecule is Cc1ccc(C=O)cc1-n1c(C)nc(OCc2ccc(F)cc2F)c(Br)c1=O. The van der Waals surface area contributed by atoms with Gasteiger partial charge in [0.25, 0.3) is 5.56 Å².